The third-order valence-corrected chi connectivity index (χ3v) is 0.648. The van der Waals surface area contributed by atoms with Gasteiger partial charge in [-0.05, 0) is 0 Å². The molecule has 0 radical (unpaired) electrons. The maximum absolute atomic E-state index is 9.90. The molecule has 0 saturated heterocycles. The van der Waals surface area contributed by atoms with Gasteiger partial charge in [0.25, 0.3) is 0 Å². The van der Waals surface area contributed by atoms with Gasteiger partial charge in [0.15, 0.2) is 0 Å². The van der Waals surface area contributed by atoms with Crippen molar-refractivity contribution in [3.05, 3.63) is 0 Å². The molecule has 46 valence electrons. The zero-order valence-electron chi connectivity index (χ0n) is 4.20. The second kappa shape index (κ2) is 3.15. The summed E-state index contributed by atoms with van der Waals surface area (Å²) < 4.78 is 0. The molecule has 0 rings (SSSR count). The molecule has 0 aromatic carbocycles. The lowest BCUT2D eigenvalue weighted by molar-refractivity contribution is -0.128. The topological polar surface area (TPSA) is 80.4 Å². The summed E-state index contributed by atoms with van der Waals surface area (Å²) in [6.45, 7) is 0. The van der Waals surface area contributed by atoms with Crippen LogP contribution in [0.5, 0.6) is 0 Å². The number of nitrogens with two attached hydrogens (primary N) is 1. The molecular formula is C4H7NO3. The Balaban J connectivity index is 3.46. The van der Waals surface area contributed by atoms with Crippen LogP contribution in [0.4, 0.5) is 0 Å². The SMILES string of the molecule is NC(=O)[C@@H](O)CC=O. The van der Waals surface area contributed by atoms with E-state index in [2.05, 4.69) is 5.73 Å². The van der Waals surface area contributed by atoms with Gasteiger partial charge in [0.2, 0.25) is 5.91 Å². The van der Waals surface area contributed by atoms with Crippen molar-refractivity contribution in [2.45, 2.75) is 12.5 Å². The van der Waals surface area contributed by atoms with Gasteiger partial charge in [-0.15, -0.1) is 0 Å². The molecule has 0 saturated carbocycles. The quantitative estimate of drug-likeness (QED) is 0.438. The van der Waals surface area contributed by atoms with E-state index in [9.17, 15) is 9.59 Å². The summed E-state index contributed by atoms with van der Waals surface area (Å²) in [4.78, 5) is 19.5. The minimum atomic E-state index is -1.31. The summed E-state index contributed by atoms with van der Waals surface area (Å²) in [5, 5.41) is 8.42. The Morgan fingerprint density at radius 3 is 2.50 bits per heavy atom. The van der Waals surface area contributed by atoms with E-state index in [-0.39, 0.29) is 6.42 Å². The highest BCUT2D eigenvalue weighted by molar-refractivity contribution is 5.80. The number of amides is 1. The fraction of sp³-hybridized carbons (Fsp3) is 0.500. The van der Waals surface area contributed by atoms with Gasteiger partial charge >= 0.3 is 0 Å². The van der Waals surface area contributed by atoms with Crippen LogP contribution < -0.4 is 5.73 Å². The Hall–Kier alpha value is -0.900. The van der Waals surface area contributed by atoms with E-state index < -0.39 is 12.0 Å². The van der Waals surface area contributed by atoms with Crippen molar-refractivity contribution in [3.63, 3.8) is 0 Å². The number of aliphatic hydroxyl groups is 1. The number of carbonyl (C=O) groups is 2. The first-order valence-electron chi connectivity index (χ1n) is 2.09. The summed E-state index contributed by atoms with van der Waals surface area (Å²) in [7, 11) is 0. The van der Waals surface area contributed by atoms with E-state index in [0.717, 1.165) is 0 Å². The van der Waals surface area contributed by atoms with Crippen molar-refractivity contribution in [1.82, 2.24) is 0 Å². The maximum Gasteiger partial charge on any atom is 0.246 e. The van der Waals surface area contributed by atoms with Crippen LogP contribution in [0, 0.1) is 0 Å². The van der Waals surface area contributed by atoms with Gasteiger partial charge in [-0.3, -0.25) is 4.79 Å². The second-order valence-corrected chi connectivity index (χ2v) is 1.32. The lowest BCUT2D eigenvalue weighted by Gasteiger charge is -1.96. The van der Waals surface area contributed by atoms with Crippen LogP contribution in [-0.4, -0.2) is 23.4 Å². The lowest BCUT2D eigenvalue weighted by atomic mass is 10.3. The van der Waals surface area contributed by atoms with Crippen molar-refractivity contribution in [2.75, 3.05) is 0 Å². The molecule has 0 unspecified atom stereocenters. The average Bonchev–Trinajstić information content (AvgIpc) is 1.67. The van der Waals surface area contributed by atoms with E-state index in [4.69, 9.17) is 5.11 Å². The van der Waals surface area contributed by atoms with Crippen LogP contribution in [0.15, 0.2) is 0 Å². The molecular weight excluding hydrogens is 110 g/mol. The predicted octanol–water partition coefficient (Wildman–Crippen LogP) is -1.58. The molecule has 0 aliphatic carbocycles. The summed E-state index contributed by atoms with van der Waals surface area (Å²) in [6, 6.07) is 0. The zero-order chi connectivity index (χ0) is 6.57. The zero-order valence-corrected chi connectivity index (χ0v) is 4.20. The highest BCUT2D eigenvalue weighted by Crippen LogP contribution is 1.82. The first kappa shape index (κ1) is 7.10. The lowest BCUT2D eigenvalue weighted by Crippen LogP contribution is -2.28. The third-order valence-electron chi connectivity index (χ3n) is 0.648. The molecule has 0 fully saturated rings. The Bertz CT molecular complexity index is 101. The van der Waals surface area contributed by atoms with E-state index in [1.54, 1.807) is 0 Å². The molecule has 4 nitrogen and oxygen atoms in total. The number of aldehydes is 1. The van der Waals surface area contributed by atoms with Gasteiger partial charge in [-0.1, -0.05) is 0 Å². The van der Waals surface area contributed by atoms with Crippen LogP contribution in [0.25, 0.3) is 0 Å². The Morgan fingerprint density at radius 1 is 1.88 bits per heavy atom. The van der Waals surface area contributed by atoms with Crippen molar-refractivity contribution < 1.29 is 14.7 Å². The Labute approximate surface area is 46.3 Å². The van der Waals surface area contributed by atoms with Crippen LogP contribution in [0.2, 0.25) is 0 Å². The van der Waals surface area contributed by atoms with Gasteiger partial charge in [0.1, 0.15) is 12.4 Å². The van der Waals surface area contributed by atoms with Crippen LogP contribution >= 0.6 is 0 Å². The van der Waals surface area contributed by atoms with E-state index in [0.29, 0.717) is 6.29 Å². The highest BCUT2D eigenvalue weighted by atomic mass is 16.3. The van der Waals surface area contributed by atoms with Crippen LogP contribution in [0.1, 0.15) is 6.42 Å². The molecule has 0 bridgehead atoms. The summed E-state index contributed by atoms with van der Waals surface area (Å²) >= 11 is 0. The van der Waals surface area contributed by atoms with E-state index in [1.807, 2.05) is 0 Å². The molecule has 0 heterocycles. The highest BCUT2D eigenvalue weighted by Gasteiger charge is 2.07. The maximum atomic E-state index is 9.90. The number of carbonyl (C=O) groups excluding carboxylic acids is 2. The number of rotatable bonds is 3. The number of primary amides is 1. The number of hydrogen-bond acceptors (Lipinski definition) is 3. The molecule has 1 amide bonds. The first-order chi connectivity index (χ1) is 3.68. The molecule has 0 aromatic heterocycles. The fourth-order valence-corrected chi connectivity index (χ4v) is 0.207. The van der Waals surface area contributed by atoms with Crippen molar-refractivity contribution in [2.24, 2.45) is 5.73 Å². The van der Waals surface area contributed by atoms with Gasteiger partial charge in [0.05, 0.1) is 0 Å². The minimum absolute atomic E-state index is 0.213. The van der Waals surface area contributed by atoms with Crippen molar-refractivity contribution in [1.29, 1.82) is 0 Å². The Kier molecular flexibility index (Phi) is 2.79. The van der Waals surface area contributed by atoms with Gasteiger partial charge in [-0.25, -0.2) is 0 Å². The minimum Gasteiger partial charge on any atom is -0.383 e. The third kappa shape index (κ3) is 2.30. The Morgan fingerprint density at radius 2 is 2.38 bits per heavy atom. The summed E-state index contributed by atoms with van der Waals surface area (Å²) in [5.74, 6) is -0.864. The molecule has 1 atom stereocenters. The number of hydrogen-bond donors (Lipinski definition) is 2. The van der Waals surface area contributed by atoms with Gasteiger partial charge in [-0.2, -0.15) is 0 Å². The fourth-order valence-electron chi connectivity index (χ4n) is 0.207. The van der Waals surface area contributed by atoms with Crippen molar-refractivity contribution >= 4 is 12.2 Å². The van der Waals surface area contributed by atoms with E-state index in [1.165, 1.54) is 0 Å². The monoisotopic (exact) mass is 117 g/mol. The van der Waals surface area contributed by atoms with Gasteiger partial charge in [0, 0.05) is 6.42 Å². The van der Waals surface area contributed by atoms with Crippen molar-refractivity contribution in [3.8, 4) is 0 Å². The molecule has 0 aliphatic rings. The normalized spacial score (nSPS) is 12.6. The van der Waals surface area contributed by atoms with Crippen LogP contribution in [-0.2, 0) is 9.59 Å². The average molecular weight is 117 g/mol. The number of aliphatic hydroxyl groups excluding tert-OH is 1. The largest absolute Gasteiger partial charge is 0.383 e. The van der Waals surface area contributed by atoms with E-state index >= 15 is 0 Å². The molecule has 0 aliphatic heterocycles. The molecule has 8 heavy (non-hydrogen) atoms. The smallest absolute Gasteiger partial charge is 0.246 e. The first-order valence-corrected chi connectivity index (χ1v) is 2.09. The predicted molar refractivity (Wildman–Crippen MR) is 25.9 cm³/mol. The molecule has 3 N–H and O–H groups in total. The molecule has 0 spiro atoms. The summed E-state index contributed by atoms with van der Waals surface area (Å²) in [6.07, 6.45) is -1.09. The van der Waals surface area contributed by atoms with Crippen LogP contribution in [0.3, 0.4) is 0 Å². The van der Waals surface area contributed by atoms with Gasteiger partial charge < -0.3 is 15.6 Å². The molecule has 0 aromatic rings. The second-order valence-electron chi connectivity index (χ2n) is 1.32. The molecule has 4 heteroatoms. The standard InChI is InChI=1S/C4H7NO3/c5-4(8)3(7)1-2-6/h2-3,7H,1H2,(H2,5,8)/t3-/m0/s1. The summed E-state index contributed by atoms with van der Waals surface area (Å²) in [5.41, 5.74) is 4.57.